The Morgan fingerprint density at radius 3 is 2.67 bits per heavy atom. The van der Waals surface area contributed by atoms with E-state index in [1.54, 1.807) is 0 Å². The summed E-state index contributed by atoms with van der Waals surface area (Å²) in [4.78, 5) is 15.2. The maximum atomic E-state index is 13.7. The number of ketones is 1. The van der Waals surface area contributed by atoms with E-state index in [0.29, 0.717) is 0 Å². The lowest BCUT2D eigenvalue weighted by Crippen LogP contribution is -2.25. The Bertz CT molecular complexity index is 557. The summed E-state index contributed by atoms with van der Waals surface area (Å²) < 4.78 is 40.7. The minimum absolute atomic E-state index is 0.0221. The number of rotatable bonds is 4. The van der Waals surface area contributed by atoms with Crippen molar-refractivity contribution in [2.45, 2.75) is 9.59 Å². The van der Waals surface area contributed by atoms with Crippen molar-refractivity contribution in [3.8, 4) is 0 Å². The molecule has 0 unspecified atom stereocenters. The van der Waals surface area contributed by atoms with Gasteiger partial charge in [0.15, 0.2) is 4.34 Å². The predicted molar refractivity (Wildman–Crippen MR) is 63.6 cm³/mol. The number of alkyl halides is 2. The van der Waals surface area contributed by atoms with E-state index in [1.165, 1.54) is 23.7 Å². The van der Waals surface area contributed by atoms with Crippen LogP contribution in [0.4, 0.5) is 13.2 Å². The summed E-state index contributed by atoms with van der Waals surface area (Å²) in [6.45, 7) is 0. The Morgan fingerprint density at radius 2 is 2.06 bits per heavy atom. The number of carbonyl (C=O) groups excluding carboxylic acids is 1. The van der Waals surface area contributed by atoms with E-state index in [4.69, 9.17) is 0 Å². The number of nitrogens with zero attached hydrogens (tertiary/aromatic N) is 1. The molecule has 0 atom stereocenters. The molecular formula is C11H6F3NOS2. The van der Waals surface area contributed by atoms with Crippen LogP contribution in [0.15, 0.2) is 40.2 Å². The molecule has 0 aliphatic rings. The van der Waals surface area contributed by atoms with Crippen molar-refractivity contribution in [1.29, 1.82) is 0 Å². The van der Waals surface area contributed by atoms with Crippen LogP contribution in [0.25, 0.3) is 0 Å². The van der Waals surface area contributed by atoms with E-state index in [9.17, 15) is 18.0 Å². The third-order valence-corrected chi connectivity index (χ3v) is 3.83. The molecule has 0 radical (unpaired) electrons. The number of hydrogen-bond acceptors (Lipinski definition) is 4. The Balaban J connectivity index is 2.25. The van der Waals surface area contributed by atoms with Crippen LogP contribution in [0.1, 0.15) is 10.4 Å². The van der Waals surface area contributed by atoms with Crippen LogP contribution in [-0.4, -0.2) is 16.0 Å². The SMILES string of the molecule is O=C(c1ccccc1F)C(F)(F)Sc1nccs1. The van der Waals surface area contributed by atoms with Gasteiger partial charge in [0.2, 0.25) is 5.78 Å². The van der Waals surface area contributed by atoms with Crippen LogP contribution in [-0.2, 0) is 0 Å². The zero-order valence-electron chi connectivity index (χ0n) is 8.77. The third kappa shape index (κ3) is 2.73. The highest BCUT2D eigenvalue weighted by Crippen LogP contribution is 2.39. The topological polar surface area (TPSA) is 30.0 Å². The van der Waals surface area contributed by atoms with E-state index in [1.807, 2.05) is 0 Å². The molecule has 2 nitrogen and oxygen atoms in total. The molecule has 0 saturated heterocycles. The second-order valence-corrected chi connectivity index (χ2v) is 5.48. The Kier molecular flexibility index (Phi) is 3.72. The van der Waals surface area contributed by atoms with Gasteiger partial charge in [0.25, 0.3) is 0 Å². The van der Waals surface area contributed by atoms with Crippen LogP contribution >= 0.6 is 23.1 Å². The molecule has 1 aromatic heterocycles. The quantitative estimate of drug-likeness (QED) is 0.632. The Labute approximate surface area is 109 Å². The molecule has 0 N–H and O–H groups in total. The molecular weight excluding hydrogens is 283 g/mol. The van der Waals surface area contributed by atoms with Gasteiger partial charge in [0.1, 0.15) is 5.82 Å². The van der Waals surface area contributed by atoms with Gasteiger partial charge in [-0.25, -0.2) is 9.37 Å². The molecule has 2 rings (SSSR count). The van der Waals surface area contributed by atoms with Gasteiger partial charge in [0, 0.05) is 11.6 Å². The number of halogens is 3. The molecule has 1 heterocycles. The monoisotopic (exact) mass is 289 g/mol. The maximum absolute atomic E-state index is 13.7. The molecule has 1 aromatic carbocycles. The third-order valence-electron chi connectivity index (χ3n) is 2.01. The van der Waals surface area contributed by atoms with Crippen molar-refractivity contribution in [2.24, 2.45) is 0 Å². The van der Waals surface area contributed by atoms with Crippen molar-refractivity contribution < 1.29 is 18.0 Å². The Morgan fingerprint density at radius 1 is 1.33 bits per heavy atom. The van der Waals surface area contributed by atoms with Crippen LogP contribution < -0.4 is 0 Å². The van der Waals surface area contributed by atoms with E-state index in [0.717, 1.165) is 23.5 Å². The van der Waals surface area contributed by atoms with Crippen LogP contribution in [0.2, 0.25) is 0 Å². The standard InChI is InChI=1S/C11H6F3NOS2/c12-8-4-2-1-3-7(8)9(16)11(13,14)18-10-15-5-6-17-10/h1-6H. The summed E-state index contributed by atoms with van der Waals surface area (Å²) in [7, 11) is 0. The van der Waals surface area contributed by atoms with Gasteiger partial charge in [0.05, 0.1) is 5.56 Å². The van der Waals surface area contributed by atoms with Crippen LogP contribution in [0.5, 0.6) is 0 Å². The normalized spacial score (nSPS) is 11.5. The highest BCUT2D eigenvalue weighted by atomic mass is 32.2. The molecule has 94 valence electrons. The number of thiazole rings is 1. The first-order chi connectivity index (χ1) is 8.50. The summed E-state index contributed by atoms with van der Waals surface area (Å²) in [6, 6.07) is 4.67. The summed E-state index contributed by atoms with van der Waals surface area (Å²) in [5, 5.41) is -2.22. The zero-order valence-corrected chi connectivity index (χ0v) is 10.4. The summed E-state index contributed by atoms with van der Waals surface area (Å²) >= 11 is 1.01. The average Bonchev–Trinajstić information content (AvgIpc) is 2.81. The summed E-state index contributed by atoms with van der Waals surface area (Å²) in [5.41, 5.74) is -0.619. The van der Waals surface area contributed by atoms with Crippen LogP contribution in [0.3, 0.4) is 0 Å². The van der Waals surface area contributed by atoms with E-state index in [-0.39, 0.29) is 16.1 Å². The summed E-state index contributed by atoms with van der Waals surface area (Å²) in [6.07, 6.45) is 1.36. The minimum Gasteiger partial charge on any atom is -0.286 e. The fourth-order valence-electron chi connectivity index (χ4n) is 1.22. The lowest BCUT2D eigenvalue weighted by atomic mass is 10.1. The lowest BCUT2D eigenvalue weighted by molar-refractivity contribution is 0.0562. The zero-order chi connectivity index (χ0) is 13.2. The van der Waals surface area contributed by atoms with Gasteiger partial charge in [-0.15, -0.1) is 11.3 Å². The van der Waals surface area contributed by atoms with Crippen molar-refractivity contribution in [3.05, 3.63) is 47.2 Å². The molecule has 0 saturated carbocycles. The predicted octanol–water partition coefficient (Wildman–Crippen LogP) is 3.85. The molecule has 0 aliphatic carbocycles. The number of thioether (sulfide) groups is 1. The average molecular weight is 289 g/mol. The van der Waals surface area contributed by atoms with Gasteiger partial charge in [-0.3, -0.25) is 4.79 Å². The Hall–Kier alpha value is -1.34. The molecule has 0 spiro atoms. The molecule has 0 bridgehead atoms. The van der Waals surface area contributed by atoms with E-state index < -0.39 is 22.4 Å². The minimum atomic E-state index is -3.74. The molecule has 7 heteroatoms. The second kappa shape index (κ2) is 5.11. The van der Waals surface area contributed by atoms with Gasteiger partial charge in [-0.05, 0) is 23.9 Å². The second-order valence-electron chi connectivity index (χ2n) is 3.23. The number of carbonyl (C=O) groups is 1. The van der Waals surface area contributed by atoms with Gasteiger partial charge in [-0.2, -0.15) is 8.78 Å². The largest absolute Gasteiger partial charge is 0.362 e. The first-order valence-electron chi connectivity index (χ1n) is 4.76. The first-order valence-corrected chi connectivity index (χ1v) is 6.46. The molecule has 18 heavy (non-hydrogen) atoms. The number of hydrogen-bond donors (Lipinski definition) is 0. The highest BCUT2D eigenvalue weighted by Gasteiger charge is 2.42. The maximum Gasteiger partial charge on any atom is 0.362 e. The molecule has 0 aliphatic heterocycles. The number of aromatic nitrogens is 1. The van der Waals surface area contributed by atoms with Crippen molar-refractivity contribution in [3.63, 3.8) is 0 Å². The first kappa shape index (κ1) is 13.1. The molecule has 0 fully saturated rings. The van der Waals surface area contributed by atoms with Gasteiger partial charge >= 0.3 is 5.25 Å². The lowest BCUT2D eigenvalue weighted by Gasteiger charge is -2.12. The van der Waals surface area contributed by atoms with E-state index >= 15 is 0 Å². The fraction of sp³-hybridized carbons (Fsp3) is 0.0909. The van der Waals surface area contributed by atoms with Crippen molar-refractivity contribution in [2.75, 3.05) is 0 Å². The number of Topliss-reactive ketones (excluding diaryl/α,β-unsaturated/α-hetero) is 1. The van der Waals surface area contributed by atoms with Crippen molar-refractivity contribution in [1.82, 2.24) is 4.98 Å². The number of benzene rings is 1. The summed E-state index contributed by atoms with van der Waals surface area (Å²) in [5.74, 6) is -2.51. The van der Waals surface area contributed by atoms with Gasteiger partial charge in [-0.1, -0.05) is 12.1 Å². The van der Waals surface area contributed by atoms with Crippen molar-refractivity contribution >= 4 is 28.9 Å². The smallest absolute Gasteiger partial charge is 0.286 e. The van der Waals surface area contributed by atoms with E-state index in [2.05, 4.69) is 4.98 Å². The molecule has 2 aromatic rings. The molecule has 0 amide bonds. The van der Waals surface area contributed by atoms with Gasteiger partial charge < -0.3 is 0 Å². The van der Waals surface area contributed by atoms with Crippen LogP contribution in [0, 0.1) is 5.82 Å². The fourth-order valence-corrected chi connectivity index (χ4v) is 2.79. The highest BCUT2D eigenvalue weighted by molar-refractivity contribution is 8.02.